The van der Waals surface area contributed by atoms with Crippen molar-refractivity contribution in [2.24, 2.45) is 0 Å². The third-order valence-electron chi connectivity index (χ3n) is 0.380. The second-order valence-corrected chi connectivity index (χ2v) is 3.29. The molecule has 0 saturated heterocycles. The van der Waals surface area contributed by atoms with Crippen LogP contribution in [0.4, 0.5) is 4.79 Å². The molecule has 0 aliphatic rings. The summed E-state index contributed by atoms with van der Waals surface area (Å²) in [6, 6.07) is -0.860. The molecule has 0 aromatic rings. The van der Waals surface area contributed by atoms with Crippen molar-refractivity contribution in [1.82, 2.24) is 9.44 Å². The highest BCUT2D eigenvalue weighted by Crippen LogP contribution is 1.73. The molecule has 0 aliphatic carbocycles. The molecule has 0 saturated carbocycles. The predicted octanol–water partition coefficient (Wildman–Crippen LogP) is -0.910. The maximum atomic E-state index is 10.2. The largest absolute Gasteiger partial charge is 0.338 e. The normalized spacial score (nSPS) is 10.4. The monoisotopic (exact) mass is 170 g/mol. The molecule has 9 heavy (non-hydrogen) atoms. The lowest BCUT2D eigenvalue weighted by Gasteiger charge is -1.97. The van der Waals surface area contributed by atoms with Gasteiger partial charge in [0, 0.05) is 0 Å². The topological polar surface area (TPSA) is 75.3 Å². The number of nitrogens with one attached hydrogen (secondary N) is 2. The van der Waals surface area contributed by atoms with Gasteiger partial charge >= 0.3 is 6.03 Å². The Morgan fingerprint density at radius 2 is 2.00 bits per heavy atom. The summed E-state index contributed by atoms with van der Waals surface area (Å²) in [4.78, 5) is 10.1. The van der Waals surface area contributed by atoms with Gasteiger partial charge in [-0.05, 0) is 0 Å². The average molecular weight is 170 g/mol. The molecular formula is C2H6N2O3S2. The Labute approximate surface area is 58.4 Å². The van der Waals surface area contributed by atoms with E-state index in [9.17, 15) is 13.2 Å². The van der Waals surface area contributed by atoms with E-state index in [2.05, 4.69) is 12.8 Å². The number of hydrogen-bond donors (Lipinski definition) is 3. The van der Waals surface area contributed by atoms with E-state index in [1.807, 2.05) is 0 Å². The van der Waals surface area contributed by atoms with E-state index in [1.165, 1.54) is 0 Å². The second-order valence-electron chi connectivity index (χ2n) is 1.32. The van der Waals surface area contributed by atoms with Crippen LogP contribution in [-0.4, -0.2) is 20.7 Å². The molecule has 54 valence electrons. The Kier molecular flexibility index (Phi) is 2.78. The van der Waals surface area contributed by atoms with Crippen LogP contribution in [-0.2, 0) is 10.0 Å². The van der Waals surface area contributed by atoms with Crippen molar-refractivity contribution < 1.29 is 13.2 Å². The molecule has 0 aliphatic heterocycles. The second kappa shape index (κ2) is 2.92. The van der Waals surface area contributed by atoms with E-state index >= 15 is 0 Å². The van der Waals surface area contributed by atoms with Crippen molar-refractivity contribution in [3.05, 3.63) is 0 Å². The minimum absolute atomic E-state index is 0.860. The summed E-state index contributed by atoms with van der Waals surface area (Å²) >= 11 is 3.30. The van der Waals surface area contributed by atoms with Gasteiger partial charge in [-0.15, -0.1) is 0 Å². The highest BCUT2D eigenvalue weighted by molar-refractivity contribution is 7.89. The molecule has 0 aromatic carbocycles. The lowest BCUT2D eigenvalue weighted by Crippen LogP contribution is -2.34. The van der Waals surface area contributed by atoms with Crippen molar-refractivity contribution in [3.8, 4) is 0 Å². The maximum absolute atomic E-state index is 10.2. The number of sulfonamides is 1. The predicted molar refractivity (Wildman–Crippen MR) is 35.5 cm³/mol. The first-order valence-electron chi connectivity index (χ1n) is 1.87. The fourth-order valence-electron chi connectivity index (χ4n) is 0.191. The molecule has 0 heterocycles. The van der Waals surface area contributed by atoms with Crippen LogP contribution in [0, 0.1) is 0 Å². The van der Waals surface area contributed by atoms with Crippen molar-refractivity contribution in [3.63, 3.8) is 0 Å². The summed E-state index contributed by atoms with van der Waals surface area (Å²) in [6.45, 7) is 0. The van der Waals surface area contributed by atoms with Gasteiger partial charge in [0.1, 0.15) is 0 Å². The number of thiol groups is 1. The Morgan fingerprint density at radius 1 is 1.56 bits per heavy atom. The number of urea groups is 1. The molecule has 5 nitrogen and oxygen atoms in total. The van der Waals surface area contributed by atoms with Crippen LogP contribution >= 0.6 is 12.8 Å². The van der Waals surface area contributed by atoms with Gasteiger partial charge in [-0.3, -0.25) is 4.72 Å². The van der Waals surface area contributed by atoms with Gasteiger partial charge in [0.25, 0.3) is 0 Å². The van der Waals surface area contributed by atoms with E-state index in [4.69, 9.17) is 0 Å². The lowest BCUT2D eigenvalue weighted by atomic mass is 11.2. The summed E-state index contributed by atoms with van der Waals surface area (Å²) in [5.41, 5.74) is 0. The van der Waals surface area contributed by atoms with Crippen LogP contribution in [0.2, 0.25) is 0 Å². The maximum Gasteiger partial charge on any atom is 0.338 e. The number of rotatable bonds is 1. The molecule has 2 amide bonds. The van der Waals surface area contributed by atoms with Gasteiger partial charge in [-0.1, -0.05) is 12.8 Å². The fourth-order valence-corrected chi connectivity index (χ4v) is 0.711. The molecule has 0 spiro atoms. The SMILES string of the molecule is CS(=O)(=O)NC(=O)NS. The molecule has 0 atom stereocenters. The van der Waals surface area contributed by atoms with Gasteiger partial charge in [0.15, 0.2) is 0 Å². The number of carbonyl (C=O) groups excluding carboxylic acids is 1. The summed E-state index contributed by atoms with van der Waals surface area (Å²) in [5.74, 6) is 0. The standard InChI is InChI=1S/C2H6N2O3S2/c1-9(6,7)4-2(5)3-8/h8H,1H3,(H2,3,4,5). The minimum Gasteiger partial charge on any atom is -0.284 e. The van der Waals surface area contributed by atoms with Crippen LogP contribution in [0.5, 0.6) is 0 Å². The van der Waals surface area contributed by atoms with Gasteiger partial charge < -0.3 is 0 Å². The molecule has 0 unspecified atom stereocenters. The highest BCUT2D eigenvalue weighted by atomic mass is 32.2. The average Bonchev–Trinajstić information content (AvgIpc) is 1.62. The number of amides is 2. The summed E-state index contributed by atoms with van der Waals surface area (Å²) < 4.78 is 23.8. The van der Waals surface area contributed by atoms with Gasteiger partial charge in [-0.25, -0.2) is 17.9 Å². The third kappa shape index (κ3) is 5.44. The van der Waals surface area contributed by atoms with E-state index in [0.29, 0.717) is 0 Å². The van der Waals surface area contributed by atoms with E-state index in [-0.39, 0.29) is 0 Å². The van der Waals surface area contributed by atoms with Crippen LogP contribution in [0.25, 0.3) is 0 Å². The summed E-state index contributed by atoms with van der Waals surface area (Å²) in [5, 5.41) is 0. The number of hydrogen-bond acceptors (Lipinski definition) is 4. The molecule has 0 radical (unpaired) electrons. The Balaban J connectivity index is 3.91. The van der Waals surface area contributed by atoms with Gasteiger partial charge in [-0.2, -0.15) is 0 Å². The zero-order valence-corrected chi connectivity index (χ0v) is 6.29. The van der Waals surface area contributed by atoms with E-state index in [1.54, 1.807) is 9.44 Å². The third-order valence-corrected chi connectivity index (χ3v) is 1.14. The molecule has 2 N–H and O–H groups in total. The van der Waals surface area contributed by atoms with Crippen LogP contribution < -0.4 is 9.44 Å². The minimum atomic E-state index is -3.45. The lowest BCUT2D eigenvalue weighted by molar-refractivity contribution is 0.251. The molecule has 0 bridgehead atoms. The highest BCUT2D eigenvalue weighted by Gasteiger charge is 2.03. The van der Waals surface area contributed by atoms with Gasteiger partial charge in [0.05, 0.1) is 6.26 Å². The smallest absolute Gasteiger partial charge is 0.284 e. The van der Waals surface area contributed by atoms with E-state index in [0.717, 1.165) is 6.26 Å². The Morgan fingerprint density at radius 3 is 2.11 bits per heavy atom. The van der Waals surface area contributed by atoms with Crippen LogP contribution in [0.15, 0.2) is 0 Å². The first-order valence-corrected chi connectivity index (χ1v) is 4.21. The molecule has 7 heteroatoms. The van der Waals surface area contributed by atoms with Crippen LogP contribution in [0.1, 0.15) is 0 Å². The van der Waals surface area contributed by atoms with Gasteiger partial charge in [0.2, 0.25) is 10.0 Å². The first kappa shape index (κ1) is 8.57. The fraction of sp³-hybridized carbons (Fsp3) is 0.500. The molecule has 0 rings (SSSR count). The van der Waals surface area contributed by atoms with Crippen molar-refractivity contribution in [1.29, 1.82) is 0 Å². The molecule has 0 fully saturated rings. The zero-order valence-electron chi connectivity index (χ0n) is 4.58. The van der Waals surface area contributed by atoms with Crippen molar-refractivity contribution >= 4 is 28.9 Å². The quantitative estimate of drug-likeness (QED) is 0.446. The molecular weight excluding hydrogens is 164 g/mol. The Hall–Kier alpha value is -0.430. The summed E-state index contributed by atoms with van der Waals surface area (Å²) in [6.07, 6.45) is 0.871. The number of carbonyl (C=O) groups is 1. The van der Waals surface area contributed by atoms with Crippen LogP contribution in [0.3, 0.4) is 0 Å². The van der Waals surface area contributed by atoms with Crippen molar-refractivity contribution in [2.45, 2.75) is 0 Å². The summed E-state index contributed by atoms with van der Waals surface area (Å²) in [7, 11) is -3.45. The Bertz CT molecular complexity index is 196. The first-order chi connectivity index (χ1) is 3.95. The van der Waals surface area contributed by atoms with E-state index < -0.39 is 16.1 Å². The van der Waals surface area contributed by atoms with Crippen molar-refractivity contribution in [2.75, 3.05) is 6.26 Å². The zero-order chi connectivity index (χ0) is 7.49. The molecule has 0 aromatic heterocycles.